The average molecular weight is 283 g/mol. The first kappa shape index (κ1) is 13.7. The Morgan fingerprint density at radius 1 is 1.19 bits per heavy atom. The van der Waals surface area contributed by atoms with Crippen molar-refractivity contribution in [1.29, 1.82) is 0 Å². The summed E-state index contributed by atoms with van der Waals surface area (Å²) in [5, 5.41) is 6.73. The predicted molar refractivity (Wildman–Crippen MR) is 84.2 cm³/mol. The van der Waals surface area contributed by atoms with Gasteiger partial charge in [-0.15, -0.1) is 0 Å². The van der Waals surface area contributed by atoms with Gasteiger partial charge in [-0.1, -0.05) is 30.3 Å². The van der Waals surface area contributed by atoms with Crippen LogP contribution in [0.5, 0.6) is 0 Å². The van der Waals surface area contributed by atoms with Crippen LogP contribution in [0.15, 0.2) is 58.1 Å². The van der Waals surface area contributed by atoms with Crippen molar-refractivity contribution in [1.82, 2.24) is 10.6 Å². The number of rotatable bonds is 4. The van der Waals surface area contributed by atoms with Gasteiger partial charge in [0.1, 0.15) is 5.76 Å². The van der Waals surface area contributed by atoms with E-state index in [0.717, 1.165) is 24.6 Å². The van der Waals surface area contributed by atoms with Gasteiger partial charge in [0.25, 0.3) is 0 Å². The van der Waals surface area contributed by atoms with Gasteiger partial charge in [0.2, 0.25) is 0 Å². The highest BCUT2D eigenvalue weighted by Gasteiger charge is 2.30. The van der Waals surface area contributed by atoms with E-state index >= 15 is 0 Å². The molecule has 1 aromatic heterocycles. The zero-order valence-electron chi connectivity index (χ0n) is 12.3. The molecule has 0 saturated heterocycles. The molecular formula is C17H21N3O. The van der Waals surface area contributed by atoms with E-state index in [-0.39, 0.29) is 0 Å². The van der Waals surface area contributed by atoms with Gasteiger partial charge < -0.3 is 15.1 Å². The summed E-state index contributed by atoms with van der Waals surface area (Å²) < 4.78 is 5.30. The molecule has 21 heavy (non-hydrogen) atoms. The molecule has 3 rings (SSSR count). The molecule has 2 N–H and O–H groups in total. The molecule has 110 valence electrons. The van der Waals surface area contributed by atoms with E-state index < -0.39 is 0 Å². The van der Waals surface area contributed by atoms with Gasteiger partial charge in [-0.2, -0.15) is 0 Å². The molecule has 4 heteroatoms. The number of benzene rings is 1. The number of hydrogen-bond donors (Lipinski definition) is 2. The Labute approximate surface area is 125 Å². The van der Waals surface area contributed by atoms with Crippen LogP contribution < -0.4 is 10.6 Å². The second-order valence-corrected chi connectivity index (χ2v) is 5.43. The van der Waals surface area contributed by atoms with Gasteiger partial charge in [0.05, 0.1) is 12.8 Å². The van der Waals surface area contributed by atoms with E-state index in [9.17, 15) is 0 Å². The quantitative estimate of drug-likeness (QED) is 0.670. The molecule has 1 fully saturated rings. The topological polar surface area (TPSA) is 49.6 Å². The highest BCUT2D eigenvalue weighted by molar-refractivity contribution is 5.80. The summed E-state index contributed by atoms with van der Waals surface area (Å²) in [5.74, 6) is 2.42. The van der Waals surface area contributed by atoms with Crippen LogP contribution in [0.1, 0.15) is 30.1 Å². The fourth-order valence-corrected chi connectivity index (χ4v) is 2.71. The van der Waals surface area contributed by atoms with Gasteiger partial charge in [0, 0.05) is 13.1 Å². The van der Waals surface area contributed by atoms with E-state index in [1.165, 1.54) is 5.56 Å². The Morgan fingerprint density at radius 3 is 2.67 bits per heavy atom. The Bertz CT molecular complexity index is 571. The van der Waals surface area contributed by atoms with Crippen LogP contribution >= 0.6 is 0 Å². The zero-order chi connectivity index (χ0) is 14.5. The normalized spacial score (nSPS) is 21.7. The molecule has 1 aromatic carbocycles. The van der Waals surface area contributed by atoms with Gasteiger partial charge in [-0.25, -0.2) is 0 Å². The molecular weight excluding hydrogens is 262 g/mol. The number of guanidine groups is 1. The molecule has 0 atom stereocenters. The van der Waals surface area contributed by atoms with Gasteiger partial charge in [-0.3, -0.25) is 4.99 Å². The van der Waals surface area contributed by atoms with Gasteiger partial charge >= 0.3 is 0 Å². The third-order valence-corrected chi connectivity index (χ3v) is 3.98. The van der Waals surface area contributed by atoms with Crippen molar-refractivity contribution in [3.05, 3.63) is 60.1 Å². The highest BCUT2D eigenvalue weighted by atomic mass is 16.3. The Hall–Kier alpha value is -2.23. The van der Waals surface area contributed by atoms with Crippen molar-refractivity contribution < 1.29 is 4.42 Å². The Kier molecular flexibility index (Phi) is 4.24. The Morgan fingerprint density at radius 2 is 2.00 bits per heavy atom. The first-order valence-electron chi connectivity index (χ1n) is 7.39. The van der Waals surface area contributed by atoms with Crippen molar-refractivity contribution >= 4 is 5.96 Å². The third-order valence-electron chi connectivity index (χ3n) is 3.98. The van der Waals surface area contributed by atoms with E-state index in [1.807, 2.05) is 12.1 Å². The van der Waals surface area contributed by atoms with Gasteiger partial charge in [0.15, 0.2) is 5.96 Å². The van der Waals surface area contributed by atoms with Crippen LogP contribution in [0.4, 0.5) is 0 Å². The van der Waals surface area contributed by atoms with Crippen LogP contribution in [0.2, 0.25) is 0 Å². The monoisotopic (exact) mass is 283 g/mol. The van der Waals surface area contributed by atoms with E-state index in [4.69, 9.17) is 4.42 Å². The average Bonchev–Trinajstić information content (AvgIpc) is 2.99. The van der Waals surface area contributed by atoms with Crippen molar-refractivity contribution in [3.8, 4) is 0 Å². The molecule has 0 amide bonds. The number of nitrogens with one attached hydrogen (secondary N) is 2. The SMILES string of the molecule is CN=C(NCc1ccco1)NC1CC(c2ccccc2)C1. The lowest BCUT2D eigenvalue weighted by atomic mass is 9.76. The molecule has 1 aliphatic rings. The number of hydrogen-bond acceptors (Lipinski definition) is 2. The fourth-order valence-electron chi connectivity index (χ4n) is 2.71. The molecule has 0 spiro atoms. The fraction of sp³-hybridized carbons (Fsp3) is 0.353. The van der Waals surface area contributed by atoms with E-state index in [2.05, 4.69) is 46.0 Å². The second-order valence-electron chi connectivity index (χ2n) is 5.43. The summed E-state index contributed by atoms with van der Waals surface area (Å²) in [6.07, 6.45) is 4.00. The minimum absolute atomic E-state index is 0.498. The number of furan rings is 1. The minimum atomic E-state index is 0.498. The molecule has 0 bridgehead atoms. The molecule has 4 nitrogen and oxygen atoms in total. The lowest BCUT2D eigenvalue weighted by molar-refractivity contribution is 0.321. The van der Waals surface area contributed by atoms with Crippen LogP contribution in [-0.2, 0) is 6.54 Å². The maximum Gasteiger partial charge on any atom is 0.191 e. The lowest BCUT2D eigenvalue weighted by Crippen LogP contribution is -2.48. The largest absolute Gasteiger partial charge is 0.467 e. The smallest absolute Gasteiger partial charge is 0.191 e. The number of aliphatic imine (C=N–C) groups is 1. The zero-order valence-corrected chi connectivity index (χ0v) is 12.3. The molecule has 1 saturated carbocycles. The van der Waals surface area contributed by atoms with E-state index in [0.29, 0.717) is 18.5 Å². The molecule has 0 unspecified atom stereocenters. The van der Waals surface area contributed by atoms with Crippen molar-refractivity contribution in [2.24, 2.45) is 4.99 Å². The highest BCUT2D eigenvalue weighted by Crippen LogP contribution is 2.36. The molecule has 0 aliphatic heterocycles. The first-order valence-corrected chi connectivity index (χ1v) is 7.39. The maximum absolute atomic E-state index is 5.30. The predicted octanol–water partition coefficient (Wildman–Crippen LogP) is 2.89. The molecule has 1 heterocycles. The van der Waals surface area contributed by atoms with Crippen LogP contribution in [0, 0.1) is 0 Å². The molecule has 2 aromatic rings. The summed E-state index contributed by atoms with van der Waals surface area (Å²) in [5.41, 5.74) is 1.44. The standard InChI is InChI=1S/C17H21N3O/c1-18-17(19-12-16-8-5-9-21-16)20-15-10-14(11-15)13-6-3-2-4-7-13/h2-9,14-15H,10-12H2,1H3,(H2,18,19,20). The summed E-state index contributed by atoms with van der Waals surface area (Å²) in [7, 11) is 1.80. The summed E-state index contributed by atoms with van der Waals surface area (Å²) in [6.45, 7) is 0.654. The van der Waals surface area contributed by atoms with Crippen LogP contribution in [0.25, 0.3) is 0 Å². The van der Waals surface area contributed by atoms with Crippen LogP contribution in [-0.4, -0.2) is 19.0 Å². The van der Waals surface area contributed by atoms with Crippen molar-refractivity contribution in [3.63, 3.8) is 0 Å². The lowest BCUT2D eigenvalue weighted by Gasteiger charge is -2.37. The summed E-state index contributed by atoms with van der Waals surface area (Å²) in [4.78, 5) is 4.26. The third kappa shape index (κ3) is 3.45. The second kappa shape index (κ2) is 6.48. The minimum Gasteiger partial charge on any atom is -0.467 e. The molecule has 0 radical (unpaired) electrons. The number of nitrogens with zero attached hydrogens (tertiary/aromatic N) is 1. The Balaban J connectivity index is 1.44. The maximum atomic E-state index is 5.30. The summed E-state index contributed by atoms with van der Waals surface area (Å²) >= 11 is 0. The van der Waals surface area contributed by atoms with Crippen molar-refractivity contribution in [2.45, 2.75) is 31.3 Å². The first-order chi connectivity index (χ1) is 10.3. The summed E-state index contributed by atoms with van der Waals surface area (Å²) in [6, 6.07) is 15.1. The van der Waals surface area contributed by atoms with Crippen LogP contribution in [0.3, 0.4) is 0 Å². The van der Waals surface area contributed by atoms with Gasteiger partial charge in [-0.05, 0) is 36.5 Å². The van der Waals surface area contributed by atoms with Crippen molar-refractivity contribution in [2.75, 3.05) is 7.05 Å². The molecule has 1 aliphatic carbocycles. The van der Waals surface area contributed by atoms with E-state index in [1.54, 1.807) is 13.3 Å².